The van der Waals surface area contributed by atoms with Crippen LogP contribution in [-0.2, 0) is 6.42 Å². The molecule has 1 aliphatic heterocycles. The van der Waals surface area contributed by atoms with Crippen molar-refractivity contribution in [2.24, 2.45) is 4.99 Å². The second kappa shape index (κ2) is 4.66. The van der Waals surface area contributed by atoms with Crippen molar-refractivity contribution in [3.8, 4) is 5.75 Å². The quantitative estimate of drug-likeness (QED) is 0.910. The van der Waals surface area contributed by atoms with Crippen LogP contribution in [0.25, 0.3) is 0 Å². The highest BCUT2D eigenvalue weighted by molar-refractivity contribution is 9.10. The average molecular weight is 269 g/mol. The Morgan fingerprint density at radius 3 is 3.07 bits per heavy atom. The standard InChI is InChI=1S/C11H13BrN2O/c1-15-10-3-2-9(12)6-8(10)7-11-13-4-5-14-11/h2-3,6H,4-5,7H2,1H3,(H,13,14). The van der Waals surface area contributed by atoms with E-state index < -0.39 is 0 Å². The van der Waals surface area contributed by atoms with Gasteiger partial charge in [0.1, 0.15) is 11.6 Å². The summed E-state index contributed by atoms with van der Waals surface area (Å²) < 4.78 is 6.37. The van der Waals surface area contributed by atoms with Crippen molar-refractivity contribution in [2.75, 3.05) is 20.2 Å². The number of hydrogen-bond donors (Lipinski definition) is 1. The van der Waals surface area contributed by atoms with E-state index in [0.717, 1.165) is 41.1 Å². The van der Waals surface area contributed by atoms with Crippen molar-refractivity contribution >= 4 is 21.8 Å². The molecule has 80 valence electrons. The zero-order valence-corrected chi connectivity index (χ0v) is 10.2. The van der Waals surface area contributed by atoms with Crippen LogP contribution in [0, 0.1) is 0 Å². The lowest BCUT2D eigenvalue weighted by molar-refractivity contribution is 0.411. The first-order valence-electron chi connectivity index (χ1n) is 4.89. The van der Waals surface area contributed by atoms with Crippen molar-refractivity contribution in [1.29, 1.82) is 0 Å². The maximum atomic E-state index is 5.31. The zero-order valence-electron chi connectivity index (χ0n) is 8.59. The summed E-state index contributed by atoms with van der Waals surface area (Å²) in [4.78, 5) is 4.37. The van der Waals surface area contributed by atoms with Gasteiger partial charge < -0.3 is 10.1 Å². The molecule has 3 nitrogen and oxygen atoms in total. The van der Waals surface area contributed by atoms with Gasteiger partial charge in [0.05, 0.1) is 13.7 Å². The van der Waals surface area contributed by atoms with E-state index in [1.54, 1.807) is 7.11 Å². The average Bonchev–Trinajstić information content (AvgIpc) is 2.71. The molecule has 0 radical (unpaired) electrons. The van der Waals surface area contributed by atoms with E-state index in [9.17, 15) is 0 Å². The second-order valence-electron chi connectivity index (χ2n) is 3.39. The van der Waals surface area contributed by atoms with Gasteiger partial charge in [-0.05, 0) is 18.2 Å². The number of methoxy groups -OCH3 is 1. The second-order valence-corrected chi connectivity index (χ2v) is 4.30. The first-order chi connectivity index (χ1) is 7.29. The van der Waals surface area contributed by atoms with Gasteiger partial charge in [-0.15, -0.1) is 0 Å². The number of halogens is 1. The maximum absolute atomic E-state index is 5.31. The highest BCUT2D eigenvalue weighted by Gasteiger charge is 2.10. The molecular formula is C11H13BrN2O. The highest BCUT2D eigenvalue weighted by Crippen LogP contribution is 2.23. The van der Waals surface area contributed by atoms with E-state index in [0.29, 0.717) is 0 Å². The van der Waals surface area contributed by atoms with Gasteiger partial charge in [0.15, 0.2) is 0 Å². The SMILES string of the molecule is COc1ccc(Br)cc1CC1=NCCN1. The Kier molecular flexibility index (Phi) is 3.26. The number of hydrogen-bond acceptors (Lipinski definition) is 3. The number of nitrogens with zero attached hydrogens (tertiary/aromatic N) is 1. The summed E-state index contributed by atoms with van der Waals surface area (Å²) in [7, 11) is 1.69. The molecule has 0 aliphatic carbocycles. The minimum Gasteiger partial charge on any atom is -0.496 e. The Morgan fingerprint density at radius 2 is 2.40 bits per heavy atom. The molecule has 0 bridgehead atoms. The summed E-state index contributed by atoms with van der Waals surface area (Å²) in [5.74, 6) is 1.96. The van der Waals surface area contributed by atoms with Crippen LogP contribution in [0.2, 0.25) is 0 Å². The first kappa shape index (κ1) is 10.5. The molecule has 1 heterocycles. The van der Waals surface area contributed by atoms with E-state index in [1.807, 2.05) is 12.1 Å². The van der Waals surface area contributed by atoms with E-state index >= 15 is 0 Å². The van der Waals surface area contributed by atoms with Crippen molar-refractivity contribution in [1.82, 2.24) is 5.32 Å². The van der Waals surface area contributed by atoms with E-state index in [4.69, 9.17) is 4.74 Å². The van der Waals surface area contributed by atoms with Gasteiger partial charge in [0.25, 0.3) is 0 Å². The summed E-state index contributed by atoms with van der Waals surface area (Å²) in [6.45, 7) is 1.83. The molecule has 0 saturated carbocycles. The Labute approximate surface area is 97.7 Å². The molecule has 0 atom stereocenters. The smallest absolute Gasteiger partial charge is 0.122 e. The molecule has 4 heteroatoms. The molecule has 1 N–H and O–H groups in total. The maximum Gasteiger partial charge on any atom is 0.122 e. The molecule has 0 unspecified atom stereocenters. The molecular weight excluding hydrogens is 256 g/mol. The van der Waals surface area contributed by atoms with Gasteiger partial charge in [-0.25, -0.2) is 0 Å². The van der Waals surface area contributed by atoms with Crippen LogP contribution in [0.4, 0.5) is 0 Å². The molecule has 0 spiro atoms. The lowest BCUT2D eigenvalue weighted by Crippen LogP contribution is -2.20. The number of benzene rings is 1. The fraction of sp³-hybridized carbons (Fsp3) is 0.364. The van der Waals surface area contributed by atoms with Crippen molar-refractivity contribution in [3.05, 3.63) is 28.2 Å². The van der Waals surface area contributed by atoms with Crippen LogP contribution in [-0.4, -0.2) is 26.0 Å². The molecule has 0 amide bonds. The van der Waals surface area contributed by atoms with Crippen LogP contribution in [0.3, 0.4) is 0 Å². The molecule has 0 aromatic heterocycles. The first-order valence-corrected chi connectivity index (χ1v) is 5.68. The Balaban J connectivity index is 2.21. The summed E-state index contributed by atoms with van der Waals surface area (Å²) in [6, 6.07) is 6.02. The van der Waals surface area contributed by atoms with Gasteiger partial charge >= 0.3 is 0 Å². The third kappa shape index (κ3) is 2.50. The van der Waals surface area contributed by atoms with Gasteiger partial charge in [-0.1, -0.05) is 15.9 Å². The van der Waals surface area contributed by atoms with Gasteiger partial charge in [-0.2, -0.15) is 0 Å². The molecule has 0 saturated heterocycles. The third-order valence-corrected chi connectivity index (χ3v) is 2.84. The summed E-state index contributed by atoms with van der Waals surface area (Å²) in [6.07, 6.45) is 0.808. The zero-order chi connectivity index (χ0) is 10.7. The summed E-state index contributed by atoms with van der Waals surface area (Å²) in [5, 5.41) is 3.25. The molecule has 1 aliphatic rings. The minimum absolute atomic E-state index is 0.808. The van der Waals surface area contributed by atoms with E-state index in [-0.39, 0.29) is 0 Å². The van der Waals surface area contributed by atoms with Crippen LogP contribution in [0.1, 0.15) is 5.56 Å². The largest absolute Gasteiger partial charge is 0.496 e. The summed E-state index contributed by atoms with van der Waals surface area (Å²) >= 11 is 3.46. The predicted octanol–water partition coefficient (Wildman–Crippen LogP) is 2.00. The van der Waals surface area contributed by atoms with Crippen LogP contribution < -0.4 is 10.1 Å². The monoisotopic (exact) mass is 268 g/mol. The predicted molar refractivity (Wildman–Crippen MR) is 64.7 cm³/mol. The van der Waals surface area contributed by atoms with Crippen LogP contribution in [0.5, 0.6) is 5.75 Å². The lowest BCUT2D eigenvalue weighted by atomic mass is 10.1. The lowest BCUT2D eigenvalue weighted by Gasteiger charge is -2.09. The molecule has 2 rings (SSSR count). The Bertz CT molecular complexity index is 390. The number of rotatable bonds is 3. The van der Waals surface area contributed by atoms with Crippen molar-refractivity contribution in [3.63, 3.8) is 0 Å². The number of ether oxygens (including phenoxy) is 1. The normalized spacial score (nSPS) is 14.7. The third-order valence-electron chi connectivity index (χ3n) is 2.34. The van der Waals surface area contributed by atoms with Gasteiger partial charge in [0.2, 0.25) is 0 Å². The molecule has 0 fully saturated rings. The van der Waals surface area contributed by atoms with Gasteiger partial charge in [-0.3, -0.25) is 4.99 Å². The molecule has 1 aromatic rings. The fourth-order valence-corrected chi connectivity index (χ4v) is 2.04. The number of amidine groups is 1. The van der Waals surface area contributed by atoms with Gasteiger partial charge in [0, 0.05) is 23.0 Å². The van der Waals surface area contributed by atoms with Crippen LogP contribution in [0.15, 0.2) is 27.7 Å². The highest BCUT2D eigenvalue weighted by atomic mass is 79.9. The Morgan fingerprint density at radius 1 is 1.53 bits per heavy atom. The van der Waals surface area contributed by atoms with E-state index in [1.165, 1.54) is 0 Å². The minimum atomic E-state index is 0.808. The topological polar surface area (TPSA) is 33.6 Å². The van der Waals surface area contributed by atoms with Crippen molar-refractivity contribution < 1.29 is 4.74 Å². The van der Waals surface area contributed by atoms with Crippen molar-refractivity contribution in [2.45, 2.75) is 6.42 Å². The molecule has 15 heavy (non-hydrogen) atoms. The summed E-state index contributed by atoms with van der Waals surface area (Å²) in [5.41, 5.74) is 1.15. The number of aliphatic imine (C=N–C) groups is 1. The fourth-order valence-electron chi connectivity index (χ4n) is 1.63. The van der Waals surface area contributed by atoms with Crippen LogP contribution >= 0.6 is 15.9 Å². The van der Waals surface area contributed by atoms with E-state index in [2.05, 4.69) is 32.3 Å². The number of nitrogens with one attached hydrogen (secondary N) is 1. The molecule has 1 aromatic carbocycles. The Hall–Kier alpha value is -1.03.